The maximum atomic E-state index is 5.48. The molecule has 1 aromatic heterocycles. The van der Waals surface area contributed by atoms with Crippen molar-refractivity contribution in [3.05, 3.63) is 8.30 Å². The predicted octanol–water partition coefficient (Wildman–Crippen LogP) is 6.52. The third-order valence-corrected chi connectivity index (χ3v) is 5.75. The van der Waals surface area contributed by atoms with Crippen LogP contribution in [0, 0.1) is 3.70 Å². The van der Waals surface area contributed by atoms with E-state index in [1.807, 2.05) is 0 Å². The first-order chi connectivity index (χ1) is 10.5. The summed E-state index contributed by atoms with van der Waals surface area (Å²) < 4.78 is 9.54. The molecule has 0 bridgehead atoms. The van der Waals surface area contributed by atoms with Gasteiger partial charge in [-0.3, -0.25) is 0 Å². The molecule has 0 aliphatic rings. The molecule has 1 unspecified atom stereocenters. The third-order valence-electron chi connectivity index (χ3n) is 4.35. The van der Waals surface area contributed by atoms with E-state index in [-0.39, 0.29) is 5.54 Å². The zero-order valence-electron chi connectivity index (χ0n) is 14.4. The molecule has 1 rings (SSSR count). The molecule has 0 radical (unpaired) electrons. The van der Waals surface area contributed by atoms with Crippen molar-refractivity contribution in [2.24, 2.45) is 0 Å². The van der Waals surface area contributed by atoms with Crippen molar-refractivity contribution in [1.29, 1.82) is 0 Å². The second-order valence-corrected chi connectivity index (χ2v) is 8.06. The van der Waals surface area contributed by atoms with Gasteiger partial charge in [0.1, 0.15) is 4.60 Å². The Hall–Kier alpha value is 0.220. The monoisotopic (exact) mass is 484 g/mol. The Morgan fingerprint density at radius 2 is 1.68 bits per heavy atom. The van der Waals surface area contributed by atoms with Crippen LogP contribution in [0.4, 0.5) is 0 Å². The van der Waals surface area contributed by atoms with E-state index in [9.17, 15) is 0 Å². The minimum atomic E-state index is 0.0672. The summed E-state index contributed by atoms with van der Waals surface area (Å²) in [6.45, 7) is 6.86. The minimum absolute atomic E-state index is 0.0672. The standard InChI is InChI=1S/C17H30BrIN2O/c1-5-7-9-10-11-13-17(3,12-8-6-2)21-15(18)14(22-4)16(19)20-21/h5-13H2,1-4H3. The summed E-state index contributed by atoms with van der Waals surface area (Å²) in [7, 11) is 1.71. The van der Waals surface area contributed by atoms with Crippen molar-refractivity contribution in [3.8, 4) is 5.75 Å². The molecule has 0 aromatic carbocycles. The van der Waals surface area contributed by atoms with Crippen LogP contribution in [0.25, 0.3) is 0 Å². The van der Waals surface area contributed by atoms with E-state index in [1.165, 1.54) is 51.4 Å². The molecule has 5 heteroatoms. The van der Waals surface area contributed by atoms with Crippen LogP contribution in [-0.2, 0) is 5.54 Å². The van der Waals surface area contributed by atoms with Crippen molar-refractivity contribution in [2.75, 3.05) is 7.11 Å². The Kier molecular flexibility index (Phi) is 9.36. The van der Waals surface area contributed by atoms with E-state index in [0.29, 0.717) is 0 Å². The zero-order valence-corrected chi connectivity index (χ0v) is 18.2. The van der Waals surface area contributed by atoms with E-state index in [0.717, 1.165) is 20.5 Å². The highest BCUT2D eigenvalue weighted by Gasteiger charge is 2.31. The lowest BCUT2D eigenvalue weighted by Crippen LogP contribution is -2.31. The number of ether oxygens (including phenoxy) is 1. The van der Waals surface area contributed by atoms with Crippen LogP contribution in [0.2, 0.25) is 0 Å². The number of methoxy groups -OCH3 is 1. The van der Waals surface area contributed by atoms with Gasteiger partial charge in [-0.1, -0.05) is 58.8 Å². The molecular weight excluding hydrogens is 455 g/mol. The quantitative estimate of drug-likeness (QED) is 0.264. The summed E-state index contributed by atoms with van der Waals surface area (Å²) >= 11 is 5.95. The number of unbranched alkanes of at least 4 members (excludes halogenated alkanes) is 5. The summed E-state index contributed by atoms with van der Waals surface area (Å²) in [6, 6.07) is 0. The van der Waals surface area contributed by atoms with E-state index in [4.69, 9.17) is 9.84 Å². The van der Waals surface area contributed by atoms with E-state index >= 15 is 0 Å². The molecular formula is C17H30BrIN2O. The van der Waals surface area contributed by atoms with Crippen LogP contribution >= 0.6 is 38.5 Å². The van der Waals surface area contributed by atoms with Crippen LogP contribution in [-0.4, -0.2) is 16.9 Å². The summed E-state index contributed by atoms with van der Waals surface area (Å²) in [5, 5.41) is 4.75. The fourth-order valence-corrected chi connectivity index (χ4v) is 4.81. The summed E-state index contributed by atoms with van der Waals surface area (Å²) in [4.78, 5) is 0. The molecule has 128 valence electrons. The molecule has 1 atom stereocenters. The minimum Gasteiger partial charge on any atom is -0.491 e. The van der Waals surface area contributed by atoms with Crippen LogP contribution in [0.5, 0.6) is 5.75 Å². The molecule has 3 nitrogen and oxygen atoms in total. The lowest BCUT2D eigenvalue weighted by Gasteiger charge is -2.31. The first-order valence-electron chi connectivity index (χ1n) is 8.48. The molecule has 0 fully saturated rings. The lowest BCUT2D eigenvalue weighted by atomic mass is 9.88. The second kappa shape index (κ2) is 10.2. The molecule has 0 N–H and O–H groups in total. The van der Waals surface area contributed by atoms with Crippen molar-refractivity contribution in [1.82, 2.24) is 9.78 Å². The van der Waals surface area contributed by atoms with Gasteiger partial charge in [-0.25, -0.2) is 4.68 Å². The average Bonchev–Trinajstić information content (AvgIpc) is 2.80. The predicted molar refractivity (Wildman–Crippen MR) is 106 cm³/mol. The number of nitrogens with zero attached hydrogens (tertiary/aromatic N) is 2. The van der Waals surface area contributed by atoms with Gasteiger partial charge in [0.2, 0.25) is 0 Å². The molecule has 1 aromatic rings. The molecule has 22 heavy (non-hydrogen) atoms. The van der Waals surface area contributed by atoms with Gasteiger partial charge in [0.05, 0.1) is 12.6 Å². The number of hydrogen-bond acceptors (Lipinski definition) is 2. The van der Waals surface area contributed by atoms with Crippen molar-refractivity contribution < 1.29 is 4.74 Å². The Morgan fingerprint density at radius 1 is 1.09 bits per heavy atom. The summed E-state index contributed by atoms with van der Waals surface area (Å²) in [5.74, 6) is 0.856. The molecule has 0 spiro atoms. The molecule has 1 heterocycles. The Bertz CT molecular complexity index is 450. The molecule has 0 aliphatic carbocycles. The number of aromatic nitrogens is 2. The van der Waals surface area contributed by atoms with Gasteiger partial charge in [0.15, 0.2) is 9.45 Å². The smallest absolute Gasteiger partial charge is 0.184 e. The fourth-order valence-electron chi connectivity index (χ4n) is 2.89. The first kappa shape index (κ1) is 20.3. The Balaban J connectivity index is 2.86. The number of halogens is 2. The highest BCUT2D eigenvalue weighted by Crippen LogP contribution is 2.38. The van der Waals surface area contributed by atoms with Crippen LogP contribution < -0.4 is 4.74 Å². The first-order valence-corrected chi connectivity index (χ1v) is 10.4. The lowest BCUT2D eigenvalue weighted by molar-refractivity contribution is 0.223. The zero-order chi connectivity index (χ0) is 16.6. The van der Waals surface area contributed by atoms with Gasteiger partial charge in [-0.15, -0.1) is 0 Å². The van der Waals surface area contributed by atoms with Crippen LogP contribution in [0.3, 0.4) is 0 Å². The van der Waals surface area contributed by atoms with E-state index < -0.39 is 0 Å². The second-order valence-electron chi connectivity index (χ2n) is 6.29. The van der Waals surface area contributed by atoms with E-state index in [1.54, 1.807) is 7.11 Å². The summed E-state index contributed by atoms with van der Waals surface area (Å²) in [6.07, 6.45) is 11.4. The van der Waals surface area contributed by atoms with Crippen LogP contribution in [0.1, 0.15) is 78.6 Å². The number of rotatable bonds is 11. The molecule has 0 saturated carbocycles. The molecule has 0 saturated heterocycles. The number of hydrogen-bond donors (Lipinski definition) is 0. The fraction of sp³-hybridized carbons (Fsp3) is 0.824. The van der Waals surface area contributed by atoms with Gasteiger partial charge in [-0.05, 0) is 58.3 Å². The molecule has 0 aliphatic heterocycles. The van der Waals surface area contributed by atoms with Gasteiger partial charge >= 0.3 is 0 Å². The normalized spacial score (nSPS) is 14.1. The maximum Gasteiger partial charge on any atom is 0.184 e. The van der Waals surface area contributed by atoms with Gasteiger partial charge in [0, 0.05) is 0 Å². The highest BCUT2D eigenvalue weighted by molar-refractivity contribution is 14.1. The Morgan fingerprint density at radius 3 is 2.23 bits per heavy atom. The summed E-state index contributed by atoms with van der Waals surface area (Å²) in [5.41, 5.74) is 0.0672. The van der Waals surface area contributed by atoms with Crippen molar-refractivity contribution in [3.63, 3.8) is 0 Å². The highest BCUT2D eigenvalue weighted by atomic mass is 127. The topological polar surface area (TPSA) is 27.1 Å². The largest absolute Gasteiger partial charge is 0.491 e. The van der Waals surface area contributed by atoms with Crippen LogP contribution in [0.15, 0.2) is 4.60 Å². The van der Waals surface area contributed by atoms with Gasteiger partial charge in [0.25, 0.3) is 0 Å². The van der Waals surface area contributed by atoms with Gasteiger partial charge in [-0.2, -0.15) is 5.10 Å². The SMILES string of the molecule is CCCCCCCC(C)(CCCC)n1nc(I)c(OC)c1Br. The van der Waals surface area contributed by atoms with Crippen molar-refractivity contribution >= 4 is 38.5 Å². The molecule has 0 amide bonds. The van der Waals surface area contributed by atoms with Gasteiger partial charge < -0.3 is 4.74 Å². The van der Waals surface area contributed by atoms with E-state index in [2.05, 4.69) is 64.0 Å². The third kappa shape index (κ3) is 5.39. The Labute approximate surface area is 157 Å². The maximum absolute atomic E-state index is 5.48. The average molecular weight is 485 g/mol. The van der Waals surface area contributed by atoms with Crippen molar-refractivity contribution in [2.45, 2.75) is 84.1 Å².